The first-order valence-corrected chi connectivity index (χ1v) is 25.3. The van der Waals surface area contributed by atoms with Crippen molar-refractivity contribution in [2.45, 2.75) is 0 Å². The largest absolute Gasteiger partial charge is 0.456 e. The summed E-state index contributed by atoms with van der Waals surface area (Å²) < 4.78 is 6.42. The summed E-state index contributed by atoms with van der Waals surface area (Å²) in [6.07, 6.45) is 0. The summed E-state index contributed by atoms with van der Waals surface area (Å²) in [7, 11) is 0. The Morgan fingerprint density at radius 1 is 0.176 bits per heavy atom. The minimum atomic E-state index is 0.862. The highest BCUT2D eigenvalue weighted by molar-refractivity contribution is 6.06. The molecule has 1 aromatic heterocycles. The molecule has 0 atom stereocenters. The zero-order valence-electron chi connectivity index (χ0n) is 40.6. The molecule has 0 N–H and O–H groups in total. The fraction of sp³-hybridized carbons (Fsp3) is 0. The van der Waals surface area contributed by atoms with Crippen LogP contribution in [0.3, 0.4) is 0 Å². The third-order valence-corrected chi connectivity index (χ3v) is 14.4. The van der Waals surface area contributed by atoms with Crippen LogP contribution in [0.25, 0.3) is 111 Å². The van der Waals surface area contributed by atoms with Crippen molar-refractivity contribution in [3.05, 3.63) is 297 Å². The quantitative estimate of drug-likeness (QED) is 0.128. The van der Waals surface area contributed by atoms with Crippen molar-refractivity contribution in [2.24, 2.45) is 0 Å². The van der Waals surface area contributed by atoms with Crippen LogP contribution in [0, 0.1) is 0 Å². The van der Waals surface area contributed by atoms with Crippen LogP contribution in [-0.4, -0.2) is 0 Å². The van der Waals surface area contributed by atoms with Crippen LogP contribution in [0.15, 0.2) is 302 Å². The Bertz CT molecular complexity index is 3830. The highest BCUT2D eigenvalue weighted by Gasteiger charge is 2.17. The number of rotatable bonds is 11. The van der Waals surface area contributed by atoms with Crippen LogP contribution in [0.2, 0.25) is 0 Å². The lowest BCUT2D eigenvalue weighted by atomic mass is 9.96. The van der Waals surface area contributed by atoms with Gasteiger partial charge in [-0.05, 0) is 144 Å². The van der Waals surface area contributed by atoms with E-state index in [2.05, 4.69) is 290 Å². The molecule has 0 radical (unpaired) electrons. The molecule has 2 nitrogen and oxygen atoms in total. The lowest BCUT2D eigenvalue weighted by molar-refractivity contribution is 0.669. The molecule has 0 amide bonds. The lowest BCUT2D eigenvalue weighted by Crippen LogP contribution is -2.09. The fourth-order valence-corrected chi connectivity index (χ4v) is 10.3. The van der Waals surface area contributed by atoms with E-state index in [0.717, 1.165) is 50.1 Å². The predicted octanol–water partition coefficient (Wildman–Crippen LogP) is 20.4. The molecule has 2 heteroatoms. The third-order valence-electron chi connectivity index (χ3n) is 14.4. The van der Waals surface area contributed by atoms with E-state index in [1.54, 1.807) is 0 Å². The van der Waals surface area contributed by atoms with Gasteiger partial charge in [0.1, 0.15) is 11.2 Å². The van der Waals surface area contributed by atoms with E-state index in [4.69, 9.17) is 4.42 Å². The van der Waals surface area contributed by atoms with E-state index < -0.39 is 0 Å². The van der Waals surface area contributed by atoms with Gasteiger partial charge in [0.2, 0.25) is 0 Å². The molecule has 74 heavy (non-hydrogen) atoms. The van der Waals surface area contributed by atoms with Crippen molar-refractivity contribution in [1.29, 1.82) is 0 Å². The monoisotopic (exact) mass is 943 g/mol. The summed E-state index contributed by atoms with van der Waals surface area (Å²) in [5.41, 5.74) is 24.0. The number of nitrogens with zero attached hydrogens (tertiary/aromatic N) is 1. The van der Waals surface area contributed by atoms with Gasteiger partial charge in [0.25, 0.3) is 0 Å². The molecular weight excluding hydrogens is 895 g/mol. The molecule has 12 aromatic carbocycles. The Morgan fingerprint density at radius 2 is 0.446 bits per heavy atom. The standard InChI is InChI=1S/C72H49NO/c1-3-11-50(12-4-1)62-15-9-17-64(47-62)60-33-29-54(30-34-60)52-21-25-56(26-22-52)58-37-41-66(42-38-58)73(68-45-46-70-69-19-7-8-20-71(69)74-72(70)49-68)67-43-39-59(40-44-67)57-27-23-53(24-28-57)55-31-35-61(36-32-55)65-18-10-16-63(48-65)51-13-5-2-6-14-51/h1-49H. The van der Waals surface area contributed by atoms with Gasteiger partial charge in [-0.15, -0.1) is 0 Å². The van der Waals surface area contributed by atoms with Gasteiger partial charge in [0, 0.05) is 33.9 Å². The number of para-hydroxylation sites is 1. The van der Waals surface area contributed by atoms with Crippen molar-refractivity contribution >= 4 is 39.0 Å². The summed E-state index contributed by atoms with van der Waals surface area (Å²) >= 11 is 0. The van der Waals surface area contributed by atoms with Crippen LogP contribution in [0.5, 0.6) is 0 Å². The van der Waals surface area contributed by atoms with Crippen molar-refractivity contribution < 1.29 is 4.42 Å². The second-order valence-corrected chi connectivity index (χ2v) is 18.9. The number of furan rings is 1. The second-order valence-electron chi connectivity index (χ2n) is 18.9. The Balaban J connectivity index is 0.745. The highest BCUT2D eigenvalue weighted by Crippen LogP contribution is 2.41. The predicted molar refractivity (Wildman–Crippen MR) is 312 cm³/mol. The van der Waals surface area contributed by atoms with Crippen LogP contribution in [0.1, 0.15) is 0 Å². The highest BCUT2D eigenvalue weighted by atomic mass is 16.3. The van der Waals surface area contributed by atoms with E-state index in [0.29, 0.717) is 0 Å². The van der Waals surface area contributed by atoms with Gasteiger partial charge >= 0.3 is 0 Å². The number of fused-ring (bicyclic) bond motifs is 3. The zero-order valence-corrected chi connectivity index (χ0v) is 40.6. The Hall–Kier alpha value is -9.76. The van der Waals surface area contributed by atoms with Crippen LogP contribution < -0.4 is 4.90 Å². The molecule has 0 unspecified atom stereocenters. The minimum absolute atomic E-state index is 0.862. The van der Waals surface area contributed by atoms with Gasteiger partial charge in [-0.25, -0.2) is 0 Å². The molecule has 13 aromatic rings. The molecule has 0 spiro atoms. The molecule has 0 fully saturated rings. The van der Waals surface area contributed by atoms with E-state index in [1.165, 1.54) is 77.9 Å². The summed E-state index contributed by atoms with van der Waals surface area (Å²) in [4.78, 5) is 2.32. The van der Waals surface area contributed by atoms with Crippen molar-refractivity contribution in [1.82, 2.24) is 0 Å². The number of hydrogen-bond donors (Lipinski definition) is 0. The second kappa shape index (κ2) is 19.4. The summed E-state index contributed by atoms with van der Waals surface area (Å²) in [5, 5.41) is 2.23. The maximum Gasteiger partial charge on any atom is 0.137 e. The molecule has 0 aliphatic carbocycles. The van der Waals surface area contributed by atoms with Gasteiger partial charge in [-0.1, -0.05) is 237 Å². The van der Waals surface area contributed by atoms with Crippen molar-refractivity contribution in [2.75, 3.05) is 4.90 Å². The zero-order chi connectivity index (χ0) is 49.2. The van der Waals surface area contributed by atoms with Gasteiger partial charge < -0.3 is 9.32 Å². The Morgan fingerprint density at radius 3 is 0.824 bits per heavy atom. The van der Waals surface area contributed by atoms with E-state index in [1.807, 2.05) is 12.1 Å². The molecule has 13 rings (SSSR count). The normalized spacial score (nSPS) is 11.2. The maximum absolute atomic E-state index is 6.42. The third kappa shape index (κ3) is 8.87. The Kier molecular flexibility index (Phi) is 11.6. The van der Waals surface area contributed by atoms with Gasteiger partial charge in [-0.3, -0.25) is 0 Å². The molecule has 1 heterocycles. The van der Waals surface area contributed by atoms with Gasteiger partial charge in [0.05, 0.1) is 0 Å². The van der Waals surface area contributed by atoms with Crippen LogP contribution in [0.4, 0.5) is 17.1 Å². The smallest absolute Gasteiger partial charge is 0.137 e. The maximum atomic E-state index is 6.42. The van der Waals surface area contributed by atoms with Crippen LogP contribution in [-0.2, 0) is 0 Å². The average Bonchev–Trinajstić information content (AvgIpc) is 3.86. The van der Waals surface area contributed by atoms with Crippen molar-refractivity contribution in [3.63, 3.8) is 0 Å². The van der Waals surface area contributed by atoms with E-state index in [9.17, 15) is 0 Å². The topological polar surface area (TPSA) is 16.4 Å². The first-order chi connectivity index (χ1) is 36.6. The van der Waals surface area contributed by atoms with Gasteiger partial charge in [-0.2, -0.15) is 0 Å². The minimum Gasteiger partial charge on any atom is -0.456 e. The lowest BCUT2D eigenvalue weighted by Gasteiger charge is -2.26. The molecular formula is C72H49NO. The Labute approximate surface area is 432 Å². The van der Waals surface area contributed by atoms with Crippen molar-refractivity contribution in [3.8, 4) is 89.0 Å². The summed E-state index contributed by atoms with van der Waals surface area (Å²) in [6.45, 7) is 0. The van der Waals surface area contributed by atoms with Gasteiger partial charge in [0.15, 0.2) is 0 Å². The molecule has 0 bridgehead atoms. The number of anilines is 3. The number of hydrogen-bond acceptors (Lipinski definition) is 2. The summed E-state index contributed by atoms with van der Waals surface area (Å²) in [5.74, 6) is 0. The SMILES string of the molecule is c1ccc(-c2cccc(-c3ccc(-c4ccc(-c5ccc(N(c6ccc(-c7ccc(-c8ccc(-c9cccc(-c%10ccccc%10)c9)cc8)cc7)cc6)c6ccc7c(c6)oc6ccccc67)cc5)cc4)cc3)c2)cc1. The molecule has 0 saturated carbocycles. The molecule has 348 valence electrons. The van der Waals surface area contributed by atoms with Crippen LogP contribution >= 0.6 is 0 Å². The molecule has 0 saturated heterocycles. The first-order valence-electron chi connectivity index (χ1n) is 25.3. The fourth-order valence-electron chi connectivity index (χ4n) is 10.3. The average molecular weight is 944 g/mol. The molecule has 0 aliphatic rings. The van der Waals surface area contributed by atoms with E-state index in [-0.39, 0.29) is 0 Å². The summed E-state index contributed by atoms with van der Waals surface area (Å²) in [6, 6.07) is 107. The first kappa shape index (κ1) is 44.2. The van der Waals surface area contributed by atoms with E-state index >= 15 is 0 Å². The number of benzene rings is 12. The molecule has 0 aliphatic heterocycles.